The second-order valence-corrected chi connectivity index (χ2v) is 4.81. The van der Waals surface area contributed by atoms with Gasteiger partial charge in [-0.05, 0) is 59.7 Å². The maximum atomic E-state index is 12.9. The van der Waals surface area contributed by atoms with Gasteiger partial charge in [0.25, 0.3) is 0 Å². The van der Waals surface area contributed by atoms with Crippen LogP contribution < -0.4 is 0 Å². The highest BCUT2D eigenvalue weighted by molar-refractivity contribution is 14.1. The van der Waals surface area contributed by atoms with Gasteiger partial charge < -0.3 is 4.74 Å². The van der Waals surface area contributed by atoms with Crippen LogP contribution in [0.2, 0.25) is 0 Å². The van der Waals surface area contributed by atoms with Crippen molar-refractivity contribution >= 4 is 22.6 Å². The molecule has 0 bridgehead atoms. The molecule has 1 aliphatic rings. The van der Waals surface area contributed by atoms with Gasteiger partial charge in [-0.15, -0.1) is 0 Å². The Bertz CT molecular complexity index is 349. The second-order valence-electron chi connectivity index (χ2n) is 3.68. The van der Waals surface area contributed by atoms with Crippen molar-refractivity contribution in [3.05, 3.63) is 35.1 Å². The molecule has 1 aliphatic heterocycles. The van der Waals surface area contributed by atoms with E-state index >= 15 is 0 Å². The molecule has 1 atom stereocenters. The Labute approximate surface area is 90.4 Å². The first-order valence-electron chi connectivity index (χ1n) is 4.12. The molecule has 0 aliphatic carbocycles. The molecular formula is C10H10FIO. The first kappa shape index (κ1) is 9.40. The molecule has 3 heteroatoms. The molecule has 1 aromatic rings. The number of ether oxygens (including phenoxy) is 1. The molecular weight excluding hydrogens is 282 g/mol. The Morgan fingerprint density at radius 1 is 1.46 bits per heavy atom. The van der Waals surface area contributed by atoms with Crippen LogP contribution in [0.4, 0.5) is 4.39 Å². The van der Waals surface area contributed by atoms with Gasteiger partial charge in [0.05, 0.1) is 5.60 Å². The summed E-state index contributed by atoms with van der Waals surface area (Å²) >= 11 is 2.18. The van der Waals surface area contributed by atoms with Crippen molar-refractivity contribution in [1.82, 2.24) is 0 Å². The predicted octanol–water partition coefficient (Wildman–Crippen LogP) is 3.52. The molecule has 0 saturated carbocycles. The van der Waals surface area contributed by atoms with E-state index in [4.69, 9.17) is 4.74 Å². The van der Waals surface area contributed by atoms with Crippen LogP contribution in [0.3, 0.4) is 0 Å². The quantitative estimate of drug-likeness (QED) is 0.525. The minimum absolute atomic E-state index is 0.0294. The summed E-state index contributed by atoms with van der Waals surface area (Å²) in [5.41, 5.74) is 1.77. The van der Waals surface area contributed by atoms with Gasteiger partial charge in [0, 0.05) is 0 Å². The van der Waals surface area contributed by atoms with Crippen LogP contribution in [0, 0.1) is 5.82 Å². The van der Waals surface area contributed by atoms with Crippen molar-refractivity contribution in [3.8, 4) is 0 Å². The first-order chi connectivity index (χ1) is 6.00. The van der Waals surface area contributed by atoms with Crippen LogP contribution >= 0.6 is 22.6 Å². The van der Waals surface area contributed by atoms with Gasteiger partial charge in [0.15, 0.2) is 0 Å². The molecule has 1 unspecified atom stereocenters. The molecule has 1 heterocycles. The van der Waals surface area contributed by atoms with Crippen LogP contribution in [0.1, 0.15) is 29.1 Å². The SMILES string of the molecule is CC1(C)OC(I)c2cc(F)ccc21. The van der Waals surface area contributed by atoms with Crippen molar-refractivity contribution in [2.75, 3.05) is 0 Å². The van der Waals surface area contributed by atoms with Crippen molar-refractivity contribution < 1.29 is 9.13 Å². The Balaban J connectivity index is 2.59. The third-order valence-electron chi connectivity index (χ3n) is 2.30. The van der Waals surface area contributed by atoms with Gasteiger partial charge in [-0.2, -0.15) is 0 Å². The van der Waals surface area contributed by atoms with Gasteiger partial charge in [0.1, 0.15) is 9.93 Å². The molecule has 0 amide bonds. The van der Waals surface area contributed by atoms with E-state index in [1.807, 2.05) is 19.9 Å². The van der Waals surface area contributed by atoms with Crippen LogP contribution in [0.25, 0.3) is 0 Å². The predicted molar refractivity (Wildman–Crippen MR) is 57.3 cm³/mol. The first-order valence-corrected chi connectivity index (χ1v) is 5.37. The molecule has 0 spiro atoms. The zero-order valence-corrected chi connectivity index (χ0v) is 9.63. The summed E-state index contributed by atoms with van der Waals surface area (Å²) in [6.45, 7) is 4.00. The van der Waals surface area contributed by atoms with Crippen LogP contribution in [0.5, 0.6) is 0 Å². The fourth-order valence-electron chi connectivity index (χ4n) is 1.66. The minimum atomic E-state index is -0.283. The lowest BCUT2D eigenvalue weighted by Crippen LogP contribution is -2.14. The highest BCUT2D eigenvalue weighted by atomic mass is 127. The summed E-state index contributed by atoms with van der Waals surface area (Å²) < 4.78 is 18.6. The fraction of sp³-hybridized carbons (Fsp3) is 0.400. The smallest absolute Gasteiger partial charge is 0.135 e. The number of hydrogen-bond donors (Lipinski definition) is 0. The Morgan fingerprint density at radius 2 is 2.15 bits per heavy atom. The van der Waals surface area contributed by atoms with Gasteiger partial charge in [-0.25, -0.2) is 4.39 Å². The molecule has 2 rings (SSSR count). The number of alkyl halides is 1. The van der Waals surface area contributed by atoms with E-state index in [0.29, 0.717) is 0 Å². The average Bonchev–Trinajstić information content (AvgIpc) is 2.22. The van der Waals surface area contributed by atoms with E-state index in [1.165, 1.54) is 6.07 Å². The monoisotopic (exact) mass is 292 g/mol. The highest BCUT2D eigenvalue weighted by Crippen LogP contribution is 2.46. The summed E-state index contributed by atoms with van der Waals surface area (Å²) in [5.74, 6) is -0.193. The van der Waals surface area contributed by atoms with Crippen LogP contribution in [0.15, 0.2) is 18.2 Å². The maximum absolute atomic E-state index is 12.9. The van der Waals surface area contributed by atoms with Crippen molar-refractivity contribution in [2.45, 2.75) is 23.6 Å². The lowest BCUT2D eigenvalue weighted by atomic mass is 9.96. The maximum Gasteiger partial charge on any atom is 0.135 e. The normalized spacial score (nSPS) is 24.5. The third-order valence-corrected chi connectivity index (χ3v) is 3.23. The average molecular weight is 292 g/mol. The fourth-order valence-corrected chi connectivity index (χ4v) is 2.81. The van der Waals surface area contributed by atoms with Crippen molar-refractivity contribution in [1.29, 1.82) is 0 Å². The second kappa shape index (κ2) is 2.92. The van der Waals surface area contributed by atoms with E-state index in [1.54, 1.807) is 6.07 Å². The Hall–Kier alpha value is -0.160. The molecule has 13 heavy (non-hydrogen) atoms. The summed E-state index contributed by atoms with van der Waals surface area (Å²) in [7, 11) is 0. The van der Waals surface area contributed by atoms with E-state index in [0.717, 1.165) is 11.1 Å². The summed E-state index contributed by atoms with van der Waals surface area (Å²) in [4.78, 5) is 0. The zero-order chi connectivity index (χ0) is 9.64. The Kier molecular flexibility index (Phi) is 2.11. The zero-order valence-electron chi connectivity index (χ0n) is 7.47. The summed E-state index contributed by atoms with van der Waals surface area (Å²) in [5, 5.41) is 0. The number of hydrogen-bond acceptors (Lipinski definition) is 1. The van der Waals surface area contributed by atoms with Crippen molar-refractivity contribution in [3.63, 3.8) is 0 Å². The van der Waals surface area contributed by atoms with Gasteiger partial charge in [0.2, 0.25) is 0 Å². The molecule has 1 aromatic carbocycles. The highest BCUT2D eigenvalue weighted by Gasteiger charge is 2.36. The van der Waals surface area contributed by atoms with Crippen LogP contribution in [-0.2, 0) is 10.3 Å². The standard InChI is InChI=1S/C10H10FIO/c1-10(2)8-4-3-6(11)5-7(8)9(12)13-10/h3-5,9H,1-2H3. The number of fused-ring (bicyclic) bond motifs is 1. The lowest BCUT2D eigenvalue weighted by Gasteiger charge is -2.18. The molecule has 0 radical (unpaired) electrons. The van der Waals surface area contributed by atoms with Gasteiger partial charge in [-0.1, -0.05) is 6.07 Å². The largest absolute Gasteiger partial charge is 0.353 e. The van der Waals surface area contributed by atoms with E-state index in [9.17, 15) is 4.39 Å². The van der Waals surface area contributed by atoms with Gasteiger partial charge in [-0.3, -0.25) is 0 Å². The molecule has 0 fully saturated rings. The summed E-state index contributed by atoms with van der Waals surface area (Å²) in [6, 6.07) is 4.85. The molecule has 0 aromatic heterocycles. The molecule has 70 valence electrons. The van der Waals surface area contributed by atoms with Crippen LogP contribution in [-0.4, -0.2) is 0 Å². The van der Waals surface area contributed by atoms with E-state index < -0.39 is 0 Å². The third kappa shape index (κ3) is 1.48. The van der Waals surface area contributed by atoms with Crippen molar-refractivity contribution in [2.24, 2.45) is 0 Å². The molecule has 0 saturated heterocycles. The van der Waals surface area contributed by atoms with E-state index in [-0.39, 0.29) is 15.5 Å². The molecule has 1 nitrogen and oxygen atoms in total. The van der Waals surface area contributed by atoms with Gasteiger partial charge >= 0.3 is 0 Å². The minimum Gasteiger partial charge on any atom is -0.353 e. The number of benzene rings is 1. The Morgan fingerprint density at radius 3 is 2.85 bits per heavy atom. The summed E-state index contributed by atoms with van der Waals surface area (Å²) in [6.07, 6.45) is 0. The number of rotatable bonds is 0. The topological polar surface area (TPSA) is 9.23 Å². The van der Waals surface area contributed by atoms with E-state index in [2.05, 4.69) is 22.6 Å². The lowest BCUT2D eigenvalue weighted by molar-refractivity contribution is -0.00549. The number of halogens is 2. The molecule has 0 N–H and O–H groups in total.